The van der Waals surface area contributed by atoms with Gasteiger partial charge in [-0.3, -0.25) is 9.58 Å². The Morgan fingerprint density at radius 2 is 1.57 bits per heavy atom. The topological polar surface area (TPSA) is 114 Å². The first-order valence-electron chi connectivity index (χ1n) is 10.8. The molecule has 2 aliphatic heterocycles. The number of hydrogen-bond acceptors (Lipinski definition) is 6. The third-order valence-corrected chi connectivity index (χ3v) is 5.40. The van der Waals surface area contributed by atoms with Crippen LogP contribution < -0.4 is 0 Å². The lowest BCUT2D eigenvalue weighted by Crippen LogP contribution is -2.38. The van der Waals surface area contributed by atoms with Gasteiger partial charge in [0.2, 0.25) is 0 Å². The van der Waals surface area contributed by atoms with E-state index in [1.54, 1.807) is 0 Å². The fourth-order valence-corrected chi connectivity index (χ4v) is 3.44. The van der Waals surface area contributed by atoms with Gasteiger partial charge in [-0.1, -0.05) is 0 Å². The van der Waals surface area contributed by atoms with Gasteiger partial charge in [0.25, 0.3) is 0 Å². The maximum absolute atomic E-state index is 10.6. The Labute approximate surface area is 196 Å². The van der Waals surface area contributed by atoms with Crippen LogP contribution in [0, 0.1) is 11.8 Å². The van der Waals surface area contributed by atoms with Crippen LogP contribution in [0.3, 0.4) is 0 Å². The van der Waals surface area contributed by atoms with Gasteiger partial charge in [0.1, 0.15) is 0 Å². The maximum Gasteiger partial charge on any atom is 0.490 e. The molecule has 4 rings (SSSR count). The smallest absolute Gasteiger partial charge is 0.475 e. The van der Waals surface area contributed by atoms with Crippen molar-refractivity contribution in [1.82, 2.24) is 14.7 Å². The number of alkyl halides is 6. The number of aromatic nitrogens is 2. The summed E-state index contributed by atoms with van der Waals surface area (Å²) in [6.07, 6.45) is -4.37. The molecule has 2 atom stereocenters. The molecule has 1 saturated carbocycles. The van der Waals surface area contributed by atoms with Gasteiger partial charge in [-0.25, -0.2) is 9.59 Å². The van der Waals surface area contributed by atoms with Gasteiger partial charge in [-0.2, -0.15) is 31.4 Å². The van der Waals surface area contributed by atoms with Gasteiger partial charge in [0.15, 0.2) is 0 Å². The van der Waals surface area contributed by atoms with E-state index in [-0.39, 0.29) is 0 Å². The molecular weight excluding hydrogens is 492 g/mol. The molecule has 2 fully saturated rings. The number of ether oxygens (including phenoxy) is 2. The van der Waals surface area contributed by atoms with Crippen molar-refractivity contribution in [3.63, 3.8) is 0 Å². The molecular formula is C20H27F6N3O6. The van der Waals surface area contributed by atoms with Crippen molar-refractivity contribution in [2.45, 2.75) is 50.7 Å². The Bertz CT molecular complexity index is 797. The minimum atomic E-state index is -5.08. The minimum Gasteiger partial charge on any atom is -0.475 e. The molecule has 9 nitrogen and oxygen atoms in total. The van der Waals surface area contributed by atoms with E-state index >= 15 is 0 Å². The van der Waals surface area contributed by atoms with Crippen LogP contribution in [-0.2, 0) is 32.2 Å². The third kappa shape index (κ3) is 10.4. The SMILES string of the molecule is O=C(O)C(F)(F)F.O=C(O)C(F)(F)F.c1cc2n(n1)CC(COCC1CC1)CN(C1CCOC1)C2. The molecule has 200 valence electrons. The van der Waals surface area contributed by atoms with Crippen molar-refractivity contribution in [3.8, 4) is 0 Å². The van der Waals surface area contributed by atoms with Crippen molar-refractivity contribution in [1.29, 1.82) is 0 Å². The first kappa shape index (κ1) is 28.8. The number of fused-ring (bicyclic) bond motifs is 1. The van der Waals surface area contributed by atoms with Crippen LogP contribution >= 0.6 is 0 Å². The molecule has 2 unspecified atom stereocenters. The van der Waals surface area contributed by atoms with E-state index in [4.69, 9.17) is 29.3 Å². The highest BCUT2D eigenvalue weighted by Crippen LogP contribution is 2.29. The summed E-state index contributed by atoms with van der Waals surface area (Å²) < 4.78 is 77.2. The maximum atomic E-state index is 10.6. The number of hydrogen-bond donors (Lipinski definition) is 2. The van der Waals surface area contributed by atoms with E-state index in [0.717, 1.165) is 58.4 Å². The summed E-state index contributed by atoms with van der Waals surface area (Å²) in [6, 6.07) is 2.72. The van der Waals surface area contributed by atoms with E-state index in [1.807, 2.05) is 6.20 Å². The second kappa shape index (κ2) is 12.5. The van der Waals surface area contributed by atoms with E-state index < -0.39 is 24.3 Å². The number of nitrogens with zero attached hydrogens (tertiary/aromatic N) is 3. The number of halogens is 6. The number of aliphatic carboxylic acids is 2. The average molecular weight is 519 g/mol. The number of carboxylic acids is 2. The van der Waals surface area contributed by atoms with Crippen LogP contribution in [0.1, 0.15) is 25.0 Å². The fraction of sp³-hybridized carbons (Fsp3) is 0.750. The summed E-state index contributed by atoms with van der Waals surface area (Å²) in [6.45, 7) is 6.67. The molecule has 1 aliphatic carbocycles. The van der Waals surface area contributed by atoms with Crippen LogP contribution in [0.25, 0.3) is 0 Å². The highest BCUT2D eigenvalue weighted by atomic mass is 19.4. The first-order valence-corrected chi connectivity index (χ1v) is 10.8. The predicted molar refractivity (Wildman–Crippen MR) is 106 cm³/mol. The number of rotatable bonds is 5. The Morgan fingerprint density at radius 1 is 1.00 bits per heavy atom. The summed E-state index contributed by atoms with van der Waals surface area (Å²) in [5.74, 6) is -4.14. The molecule has 1 aromatic rings. The lowest BCUT2D eigenvalue weighted by molar-refractivity contribution is -0.193. The van der Waals surface area contributed by atoms with Crippen molar-refractivity contribution in [2.24, 2.45) is 11.8 Å². The predicted octanol–water partition coefficient (Wildman–Crippen LogP) is 2.80. The number of carbonyl (C=O) groups is 2. The Hall–Kier alpha value is -2.39. The average Bonchev–Trinajstić information content (AvgIpc) is 3.26. The molecule has 0 amide bonds. The standard InChI is InChI=1S/C16H25N3O2.2C2HF3O2/c1-2-13(1)10-21-11-14-7-18(16-4-6-20-12-16)9-15-3-5-17-19(15)8-14;2*3-2(4,5)1(6)7/h3,5,13-14,16H,1-2,4,6-12H2;2*(H,6,7). The van der Waals surface area contributed by atoms with Crippen LogP contribution in [0.4, 0.5) is 26.3 Å². The summed E-state index contributed by atoms with van der Waals surface area (Å²) in [7, 11) is 0. The van der Waals surface area contributed by atoms with Gasteiger partial charge in [-0.15, -0.1) is 0 Å². The third-order valence-electron chi connectivity index (χ3n) is 5.40. The molecule has 0 aromatic carbocycles. The van der Waals surface area contributed by atoms with Gasteiger partial charge in [0, 0.05) is 51.0 Å². The van der Waals surface area contributed by atoms with E-state index in [0.29, 0.717) is 12.0 Å². The largest absolute Gasteiger partial charge is 0.490 e. The Kier molecular flexibility index (Phi) is 10.3. The van der Waals surface area contributed by atoms with Crippen LogP contribution in [-0.4, -0.2) is 88.2 Å². The van der Waals surface area contributed by atoms with Crippen molar-refractivity contribution in [2.75, 3.05) is 33.0 Å². The molecule has 1 aromatic heterocycles. The van der Waals surface area contributed by atoms with Gasteiger partial charge >= 0.3 is 24.3 Å². The molecule has 3 aliphatic rings. The lowest BCUT2D eigenvalue weighted by atomic mass is 10.1. The van der Waals surface area contributed by atoms with Crippen molar-refractivity contribution < 1.29 is 55.6 Å². The number of carboxylic acid groups (broad SMARTS) is 2. The zero-order valence-corrected chi connectivity index (χ0v) is 18.6. The minimum absolute atomic E-state index is 0.533. The second-order valence-electron chi connectivity index (χ2n) is 8.40. The molecule has 0 spiro atoms. The van der Waals surface area contributed by atoms with Crippen LogP contribution in [0.2, 0.25) is 0 Å². The first-order chi connectivity index (χ1) is 16.3. The summed E-state index contributed by atoms with van der Waals surface area (Å²) in [5, 5.41) is 18.7. The molecule has 0 radical (unpaired) electrons. The Morgan fingerprint density at radius 3 is 2.06 bits per heavy atom. The molecule has 2 N–H and O–H groups in total. The summed E-state index contributed by atoms with van der Waals surface area (Å²) in [4.78, 5) is 20.4. The Balaban J connectivity index is 0.000000257. The van der Waals surface area contributed by atoms with Crippen molar-refractivity contribution >= 4 is 11.9 Å². The molecule has 1 saturated heterocycles. The summed E-state index contributed by atoms with van der Waals surface area (Å²) in [5.41, 5.74) is 1.33. The highest BCUT2D eigenvalue weighted by molar-refractivity contribution is 5.73. The quantitative estimate of drug-likeness (QED) is 0.571. The van der Waals surface area contributed by atoms with Gasteiger partial charge in [0.05, 0.1) is 18.9 Å². The highest BCUT2D eigenvalue weighted by Gasteiger charge is 2.39. The zero-order valence-electron chi connectivity index (χ0n) is 18.6. The molecule has 3 heterocycles. The van der Waals surface area contributed by atoms with Gasteiger partial charge < -0.3 is 19.7 Å². The molecule has 35 heavy (non-hydrogen) atoms. The van der Waals surface area contributed by atoms with E-state index in [1.165, 1.54) is 18.5 Å². The monoisotopic (exact) mass is 519 g/mol. The fourth-order valence-electron chi connectivity index (χ4n) is 3.44. The van der Waals surface area contributed by atoms with Gasteiger partial charge in [-0.05, 0) is 31.2 Å². The molecule has 15 heteroatoms. The molecule has 0 bridgehead atoms. The summed E-state index contributed by atoms with van der Waals surface area (Å²) >= 11 is 0. The van der Waals surface area contributed by atoms with Crippen LogP contribution in [0.15, 0.2) is 12.3 Å². The van der Waals surface area contributed by atoms with E-state index in [9.17, 15) is 26.3 Å². The zero-order chi connectivity index (χ0) is 26.2. The second-order valence-corrected chi connectivity index (χ2v) is 8.40. The van der Waals surface area contributed by atoms with Crippen LogP contribution in [0.5, 0.6) is 0 Å². The van der Waals surface area contributed by atoms with E-state index in [2.05, 4.69) is 20.7 Å². The lowest BCUT2D eigenvalue weighted by Gasteiger charge is -2.28. The normalized spacial score (nSPS) is 22.7. The van der Waals surface area contributed by atoms with Crippen molar-refractivity contribution in [3.05, 3.63) is 18.0 Å².